The number of fused-ring (bicyclic) bond motifs is 1. The van der Waals surface area contributed by atoms with Crippen molar-refractivity contribution in [2.24, 2.45) is 10.8 Å². The molecule has 5 nitrogen and oxygen atoms in total. The minimum atomic E-state index is -1.13. The van der Waals surface area contributed by atoms with E-state index < -0.39 is 22.8 Å². The third-order valence-electron chi connectivity index (χ3n) is 5.18. The fourth-order valence-electron chi connectivity index (χ4n) is 4.16. The summed E-state index contributed by atoms with van der Waals surface area (Å²) in [7, 11) is 0. The molecule has 5 heteroatoms. The highest BCUT2D eigenvalue weighted by Crippen LogP contribution is 2.58. The van der Waals surface area contributed by atoms with Crippen LogP contribution in [0.3, 0.4) is 0 Å². The first-order chi connectivity index (χ1) is 10.0. The third kappa shape index (κ3) is 1.95. The lowest BCUT2D eigenvalue weighted by Gasteiger charge is -2.31. The Labute approximate surface area is 123 Å². The van der Waals surface area contributed by atoms with Gasteiger partial charge in [0.2, 0.25) is 0 Å². The molecule has 1 heterocycles. The fourth-order valence-corrected chi connectivity index (χ4v) is 4.16. The predicted molar refractivity (Wildman–Crippen MR) is 75.7 cm³/mol. The lowest BCUT2D eigenvalue weighted by Crippen LogP contribution is -2.48. The number of likely N-dealkylation sites (tertiary alicyclic amines) is 1. The maximum atomic E-state index is 11.8. The number of aliphatic carboxylic acids is 2. The molecule has 2 unspecified atom stereocenters. The van der Waals surface area contributed by atoms with Crippen LogP contribution in [0.5, 0.6) is 0 Å². The first-order valence-electron chi connectivity index (χ1n) is 7.23. The summed E-state index contributed by atoms with van der Waals surface area (Å²) < 4.78 is 0. The number of carboxylic acid groups (broad SMARTS) is 2. The first kappa shape index (κ1) is 14.1. The van der Waals surface area contributed by atoms with Gasteiger partial charge in [-0.1, -0.05) is 36.8 Å². The van der Waals surface area contributed by atoms with Gasteiger partial charge in [0, 0.05) is 19.6 Å². The van der Waals surface area contributed by atoms with Crippen LogP contribution in [0.15, 0.2) is 30.3 Å². The molecule has 1 aliphatic heterocycles. The van der Waals surface area contributed by atoms with Crippen molar-refractivity contribution in [3.05, 3.63) is 35.9 Å². The van der Waals surface area contributed by atoms with Crippen molar-refractivity contribution in [1.82, 2.24) is 4.90 Å². The van der Waals surface area contributed by atoms with Crippen LogP contribution in [0.25, 0.3) is 0 Å². The van der Waals surface area contributed by atoms with E-state index in [4.69, 9.17) is 0 Å². The summed E-state index contributed by atoms with van der Waals surface area (Å²) in [6.07, 6.45) is 1.59. The molecule has 21 heavy (non-hydrogen) atoms. The molecular weight excluding hydrogens is 270 g/mol. The summed E-state index contributed by atoms with van der Waals surface area (Å²) in [5.74, 6) is -1.92. The molecule has 1 saturated heterocycles. The van der Waals surface area contributed by atoms with E-state index in [1.54, 1.807) is 0 Å². The molecule has 0 bridgehead atoms. The SMILES string of the molecule is O=C(O)C12CCCC1(C(=O)O)CN(Cc1ccccc1)C2. The van der Waals surface area contributed by atoms with Gasteiger partial charge in [-0.15, -0.1) is 0 Å². The molecule has 0 aromatic heterocycles. The van der Waals surface area contributed by atoms with Crippen LogP contribution in [0.1, 0.15) is 24.8 Å². The quantitative estimate of drug-likeness (QED) is 0.884. The van der Waals surface area contributed by atoms with Crippen molar-refractivity contribution < 1.29 is 19.8 Å². The van der Waals surface area contributed by atoms with E-state index >= 15 is 0 Å². The highest BCUT2D eigenvalue weighted by Gasteiger charge is 2.68. The zero-order valence-electron chi connectivity index (χ0n) is 11.8. The molecule has 0 amide bonds. The molecule has 0 spiro atoms. The van der Waals surface area contributed by atoms with Crippen molar-refractivity contribution in [2.45, 2.75) is 25.8 Å². The summed E-state index contributed by atoms with van der Waals surface area (Å²) in [5.41, 5.74) is -1.18. The molecule has 1 aromatic carbocycles. The topological polar surface area (TPSA) is 77.8 Å². The highest BCUT2D eigenvalue weighted by molar-refractivity contribution is 5.88. The van der Waals surface area contributed by atoms with Gasteiger partial charge in [0.05, 0.1) is 10.8 Å². The molecule has 2 N–H and O–H groups in total. The molecule has 2 aliphatic rings. The number of hydrogen-bond acceptors (Lipinski definition) is 3. The van der Waals surface area contributed by atoms with E-state index in [9.17, 15) is 19.8 Å². The summed E-state index contributed by atoms with van der Waals surface area (Å²) in [6, 6.07) is 9.77. The van der Waals surface area contributed by atoms with Crippen molar-refractivity contribution >= 4 is 11.9 Å². The molecule has 3 rings (SSSR count). The summed E-state index contributed by atoms with van der Waals surface area (Å²) >= 11 is 0. The monoisotopic (exact) mass is 289 g/mol. The maximum Gasteiger partial charge on any atom is 0.312 e. The fraction of sp³-hybridized carbons (Fsp3) is 0.500. The average molecular weight is 289 g/mol. The number of rotatable bonds is 4. The zero-order chi connectivity index (χ0) is 15.1. The Kier molecular flexibility index (Phi) is 3.24. The van der Waals surface area contributed by atoms with Crippen LogP contribution in [-0.2, 0) is 16.1 Å². The van der Waals surface area contributed by atoms with Gasteiger partial charge >= 0.3 is 11.9 Å². The van der Waals surface area contributed by atoms with Crippen LogP contribution in [0.2, 0.25) is 0 Å². The van der Waals surface area contributed by atoms with E-state index in [1.165, 1.54) is 0 Å². The zero-order valence-corrected chi connectivity index (χ0v) is 11.8. The Morgan fingerprint density at radius 1 is 1.00 bits per heavy atom. The van der Waals surface area contributed by atoms with Gasteiger partial charge in [0.15, 0.2) is 0 Å². The van der Waals surface area contributed by atoms with Gasteiger partial charge in [-0.05, 0) is 18.4 Å². The van der Waals surface area contributed by atoms with Crippen LogP contribution in [-0.4, -0.2) is 40.1 Å². The molecule has 0 radical (unpaired) electrons. The number of hydrogen-bond donors (Lipinski definition) is 2. The molecule has 2 fully saturated rings. The lowest BCUT2D eigenvalue weighted by atomic mass is 9.68. The second kappa shape index (κ2) is 4.84. The van der Waals surface area contributed by atoms with Crippen molar-refractivity contribution in [2.75, 3.05) is 13.1 Å². The molecule has 1 aromatic rings. The summed E-state index contributed by atoms with van der Waals surface area (Å²) in [5, 5.41) is 19.4. The molecule has 112 valence electrons. The third-order valence-corrected chi connectivity index (χ3v) is 5.18. The number of nitrogens with zero attached hydrogens (tertiary/aromatic N) is 1. The number of benzene rings is 1. The minimum Gasteiger partial charge on any atom is -0.481 e. The van der Waals surface area contributed by atoms with E-state index in [2.05, 4.69) is 0 Å². The molecule has 2 atom stereocenters. The number of carbonyl (C=O) groups is 2. The summed E-state index contributed by atoms with van der Waals surface area (Å²) in [6.45, 7) is 1.25. The van der Waals surface area contributed by atoms with E-state index in [0.717, 1.165) is 5.56 Å². The van der Waals surface area contributed by atoms with Gasteiger partial charge in [-0.2, -0.15) is 0 Å². The Balaban J connectivity index is 1.90. The van der Waals surface area contributed by atoms with Gasteiger partial charge in [0.1, 0.15) is 0 Å². The Morgan fingerprint density at radius 2 is 1.52 bits per heavy atom. The van der Waals surface area contributed by atoms with Crippen LogP contribution in [0.4, 0.5) is 0 Å². The standard InChI is InChI=1S/C16H19NO4/c18-13(19)15-7-4-8-16(15,14(20)21)11-17(10-15)9-12-5-2-1-3-6-12/h1-3,5-6H,4,7-11H2,(H,18,19)(H,20,21). The number of carboxylic acids is 2. The van der Waals surface area contributed by atoms with Crippen molar-refractivity contribution in [1.29, 1.82) is 0 Å². The lowest BCUT2D eigenvalue weighted by molar-refractivity contribution is -0.166. The Bertz CT molecular complexity index is 543. The van der Waals surface area contributed by atoms with Crippen LogP contribution < -0.4 is 0 Å². The molecular formula is C16H19NO4. The Hall–Kier alpha value is -1.88. The predicted octanol–water partition coefficient (Wildman–Crippen LogP) is 1.83. The Morgan fingerprint density at radius 3 is 2.00 bits per heavy atom. The van der Waals surface area contributed by atoms with Crippen LogP contribution >= 0.6 is 0 Å². The highest BCUT2D eigenvalue weighted by atomic mass is 16.4. The van der Waals surface area contributed by atoms with E-state index in [1.807, 2.05) is 35.2 Å². The van der Waals surface area contributed by atoms with Gasteiger partial charge in [0.25, 0.3) is 0 Å². The van der Waals surface area contributed by atoms with Gasteiger partial charge < -0.3 is 10.2 Å². The van der Waals surface area contributed by atoms with Gasteiger partial charge in [-0.3, -0.25) is 14.5 Å². The van der Waals surface area contributed by atoms with Gasteiger partial charge in [-0.25, -0.2) is 0 Å². The average Bonchev–Trinajstić information content (AvgIpc) is 2.94. The van der Waals surface area contributed by atoms with Crippen LogP contribution in [0, 0.1) is 10.8 Å². The smallest absolute Gasteiger partial charge is 0.312 e. The molecule has 1 saturated carbocycles. The maximum absolute atomic E-state index is 11.8. The second-order valence-corrected chi connectivity index (χ2v) is 6.26. The minimum absolute atomic E-state index is 0.323. The molecule has 1 aliphatic carbocycles. The van der Waals surface area contributed by atoms with E-state index in [-0.39, 0.29) is 0 Å². The van der Waals surface area contributed by atoms with E-state index in [0.29, 0.717) is 38.9 Å². The largest absolute Gasteiger partial charge is 0.481 e. The second-order valence-electron chi connectivity index (χ2n) is 6.26. The van der Waals surface area contributed by atoms with Crippen molar-refractivity contribution in [3.8, 4) is 0 Å². The van der Waals surface area contributed by atoms with Crippen molar-refractivity contribution in [3.63, 3.8) is 0 Å². The summed E-state index contributed by atoms with van der Waals surface area (Å²) in [4.78, 5) is 25.6. The normalized spacial score (nSPS) is 32.0. The first-order valence-corrected chi connectivity index (χ1v) is 7.23.